The van der Waals surface area contributed by atoms with E-state index in [9.17, 15) is 4.79 Å². The summed E-state index contributed by atoms with van der Waals surface area (Å²) < 4.78 is 4.85. The molecular formula is C8H7N3O2. The minimum Gasteiger partial charge on any atom is -0.364 e. The van der Waals surface area contributed by atoms with E-state index in [0.29, 0.717) is 11.1 Å². The van der Waals surface area contributed by atoms with Crippen LogP contribution in [0.25, 0.3) is 11.1 Å². The van der Waals surface area contributed by atoms with Crippen LogP contribution in [0, 0.1) is 6.92 Å². The molecule has 2 aromatic heterocycles. The van der Waals surface area contributed by atoms with Crippen LogP contribution in [-0.4, -0.2) is 16.0 Å². The Hall–Kier alpha value is -1.91. The van der Waals surface area contributed by atoms with Gasteiger partial charge in [-0.25, -0.2) is 4.98 Å². The number of carbonyl (C=O) groups excluding carboxylic acids is 1. The van der Waals surface area contributed by atoms with Gasteiger partial charge in [0.05, 0.1) is 0 Å². The maximum Gasteiger partial charge on any atom is 0.273 e. The normalized spacial score (nSPS) is 10.5. The van der Waals surface area contributed by atoms with Crippen LogP contribution in [0.1, 0.15) is 16.2 Å². The van der Waals surface area contributed by atoms with Crippen molar-refractivity contribution in [3.8, 4) is 0 Å². The van der Waals surface area contributed by atoms with Gasteiger partial charge in [-0.15, -0.1) is 0 Å². The van der Waals surface area contributed by atoms with Gasteiger partial charge in [-0.05, 0) is 19.1 Å². The van der Waals surface area contributed by atoms with E-state index in [2.05, 4.69) is 10.1 Å². The summed E-state index contributed by atoms with van der Waals surface area (Å²) in [7, 11) is 0. The first-order valence-corrected chi connectivity index (χ1v) is 3.71. The van der Waals surface area contributed by atoms with Crippen molar-refractivity contribution in [1.29, 1.82) is 0 Å². The standard InChI is InChI=1S/C8H7N3O2/c1-4-2-3-5-6(10-4)7(8(9)12)11-13-5/h2-3H,1H3,(H2,9,12). The second-order valence-corrected chi connectivity index (χ2v) is 2.69. The summed E-state index contributed by atoms with van der Waals surface area (Å²) in [6.45, 7) is 1.82. The van der Waals surface area contributed by atoms with E-state index in [1.165, 1.54) is 0 Å². The Morgan fingerprint density at radius 1 is 1.54 bits per heavy atom. The van der Waals surface area contributed by atoms with Gasteiger partial charge in [0.1, 0.15) is 5.52 Å². The van der Waals surface area contributed by atoms with Gasteiger partial charge in [-0.3, -0.25) is 4.79 Å². The summed E-state index contributed by atoms with van der Waals surface area (Å²) in [6.07, 6.45) is 0. The summed E-state index contributed by atoms with van der Waals surface area (Å²) in [4.78, 5) is 14.9. The van der Waals surface area contributed by atoms with Crippen molar-refractivity contribution in [2.75, 3.05) is 0 Å². The molecule has 0 saturated carbocycles. The lowest BCUT2D eigenvalue weighted by Crippen LogP contribution is -2.11. The first-order chi connectivity index (χ1) is 6.18. The maximum atomic E-state index is 10.8. The minimum atomic E-state index is -0.628. The number of pyridine rings is 1. The number of hydrogen-bond acceptors (Lipinski definition) is 4. The zero-order chi connectivity index (χ0) is 9.42. The smallest absolute Gasteiger partial charge is 0.273 e. The predicted octanol–water partition coefficient (Wildman–Crippen LogP) is 0.630. The molecule has 66 valence electrons. The lowest BCUT2D eigenvalue weighted by molar-refractivity contribution is 0.0993. The molecule has 2 heterocycles. The number of aromatic nitrogens is 2. The molecule has 0 fully saturated rings. The van der Waals surface area contributed by atoms with E-state index in [1.54, 1.807) is 12.1 Å². The fraction of sp³-hybridized carbons (Fsp3) is 0.125. The molecule has 0 spiro atoms. The first kappa shape index (κ1) is 7.72. The Kier molecular flexibility index (Phi) is 1.51. The van der Waals surface area contributed by atoms with E-state index in [-0.39, 0.29) is 5.69 Å². The van der Waals surface area contributed by atoms with Gasteiger partial charge < -0.3 is 10.3 Å². The van der Waals surface area contributed by atoms with E-state index in [1.807, 2.05) is 6.92 Å². The van der Waals surface area contributed by atoms with Crippen molar-refractivity contribution >= 4 is 17.0 Å². The van der Waals surface area contributed by atoms with Crippen molar-refractivity contribution in [2.24, 2.45) is 5.73 Å². The highest BCUT2D eigenvalue weighted by molar-refractivity contribution is 6.01. The highest BCUT2D eigenvalue weighted by atomic mass is 16.5. The second-order valence-electron chi connectivity index (χ2n) is 2.69. The SMILES string of the molecule is Cc1ccc2onc(C(N)=O)c2n1. The van der Waals surface area contributed by atoms with Crippen LogP contribution in [0.15, 0.2) is 16.7 Å². The molecule has 2 aromatic rings. The zero-order valence-corrected chi connectivity index (χ0v) is 6.94. The summed E-state index contributed by atoms with van der Waals surface area (Å²) in [6, 6.07) is 3.48. The third kappa shape index (κ3) is 1.14. The number of hydrogen-bond donors (Lipinski definition) is 1. The lowest BCUT2D eigenvalue weighted by Gasteiger charge is -1.90. The van der Waals surface area contributed by atoms with Crippen LogP contribution in [0.4, 0.5) is 0 Å². The van der Waals surface area contributed by atoms with Crippen LogP contribution in [0.2, 0.25) is 0 Å². The predicted molar refractivity (Wildman–Crippen MR) is 45.1 cm³/mol. The average molecular weight is 177 g/mol. The van der Waals surface area contributed by atoms with Gasteiger partial charge in [0.15, 0.2) is 11.3 Å². The van der Waals surface area contributed by atoms with Crippen LogP contribution in [-0.2, 0) is 0 Å². The van der Waals surface area contributed by atoms with Crippen molar-refractivity contribution in [2.45, 2.75) is 6.92 Å². The molecule has 5 nitrogen and oxygen atoms in total. The van der Waals surface area contributed by atoms with Crippen LogP contribution in [0.5, 0.6) is 0 Å². The van der Waals surface area contributed by atoms with Crippen molar-refractivity contribution in [3.63, 3.8) is 0 Å². The molecular weight excluding hydrogens is 170 g/mol. The van der Waals surface area contributed by atoms with Gasteiger partial charge in [0, 0.05) is 5.69 Å². The van der Waals surface area contributed by atoms with Gasteiger partial charge in [-0.1, -0.05) is 5.16 Å². The Morgan fingerprint density at radius 2 is 2.31 bits per heavy atom. The minimum absolute atomic E-state index is 0.0821. The topological polar surface area (TPSA) is 82.0 Å². The second kappa shape index (κ2) is 2.55. The fourth-order valence-corrected chi connectivity index (χ4v) is 1.09. The van der Waals surface area contributed by atoms with Crippen LogP contribution in [0.3, 0.4) is 0 Å². The summed E-state index contributed by atoms with van der Waals surface area (Å²) in [5, 5.41) is 3.52. The van der Waals surface area contributed by atoms with E-state index in [0.717, 1.165) is 5.69 Å². The Bertz CT molecular complexity index is 475. The monoisotopic (exact) mass is 177 g/mol. The quantitative estimate of drug-likeness (QED) is 0.692. The van der Waals surface area contributed by atoms with Gasteiger partial charge in [-0.2, -0.15) is 0 Å². The summed E-state index contributed by atoms with van der Waals surface area (Å²) in [5.74, 6) is -0.628. The molecule has 0 aromatic carbocycles. The third-order valence-electron chi connectivity index (χ3n) is 1.69. The number of nitrogens with two attached hydrogens (primary N) is 1. The number of carbonyl (C=O) groups is 1. The molecule has 0 aliphatic heterocycles. The molecule has 13 heavy (non-hydrogen) atoms. The van der Waals surface area contributed by atoms with E-state index >= 15 is 0 Å². The summed E-state index contributed by atoms with van der Waals surface area (Å²) in [5.41, 5.74) is 6.84. The molecule has 0 unspecified atom stereocenters. The molecule has 2 N–H and O–H groups in total. The number of primary amides is 1. The number of aryl methyl sites for hydroxylation is 1. The molecule has 5 heteroatoms. The molecule has 0 aliphatic rings. The van der Waals surface area contributed by atoms with Crippen LogP contribution >= 0.6 is 0 Å². The van der Waals surface area contributed by atoms with Crippen molar-refractivity contribution in [1.82, 2.24) is 10.1 Å². The molecule has 0 atom stereocenters. The van der Waals surface area contributed by atoms with E-state index in [4.69, 9.17) is 10.3 Å². The zero-order valence-electron chi connectivity index (χ0n) is 6.94. The van der Waals surface area contributed by atoms with Crippen molar-refractivity contribution in [3.05, 3.63) is 23.5 Å². The van der Waals surface area contributed by atoms with E-state index < -0.39 is 5.91 Å². The van der Waals surface area contributed by atoms with Gasteiger partial charge >= 0.3 is 0 Å². The third-order valence-corrected chi connectivity index (χ3v) is 1.69. The Balaban J connectivity index is 2.79. The Labute approximate surface area is 73.5 Å². The number of nitrogens with zero attached hydrogens (tertiary/aromatic N) is 2. The Morgan fingerprint density at radius 3 is 3.00 bits per heavy atom. The number of amides is 1. The van der Waals surface area contributed by atoms with Gasteiger partial charge in [0.25, 0.3) is 5.91 Å². The summed E-state index contributed by atoms with van der Waals surface area (Å²) >= 11 is 0. The van der Waals surface area contributed by atoms with Crippen molar-refractivity contribution < 1.29 is 9.32 Å². The maximum absolute atomic E-state index is 10.8. The van der Waals surface area contributed by atoms with Gasteiger partial charge in [0.2, 0.25) is 0 Å². The molecule has 2 rings (SSSR count). The first-order valence-electron chi connectivity index (χ1n) is 3.71. The molecule has 0 saturated heterocycles. The number of rotatable bonds is 1. The highest BCUT2D eigenvalue weighted by Gasteiger charge is 2.13. The lowest BCUT2D eigenvalue weighted by atomic mass is 10.3. The molecule has 0 aliphatic carbocycles. The molecule has 0 radical (unpaired) electrons. The largest absolute Gasteiger partial charge is 0.364 e. The molecule has 1 amide bonds. The molecule has 0 bridgehead atoms. The fourth-order valence-electron chi connectivity index (χ4n) is 1.09. The van der Waals surface area contributed by atoms with Crippen LogP contribution < -0.4 is 5.73 Å². The number of fused-ring (bicyclic) bond motifs is 1. The average Bonchev–Trinajstić information content (AvgIpc) is 2.46. The highest BCUT2D eigenvalue weighted by Crippen LogP contribution is 2.15.